The van der Waals surface area contributed by atoms with E-state index in [0.29, 0.717) is 16.2 Å². The van der Waals surface area contributed by atoms with E-state index in [4.69, 9.17) is 0 Å². The number of hydrogen-bond acceptors (Lipinski definition) is 1. The van der Waals surface area contributed by atoms with Crippen LogP contribution in [-0.4, -0.2) is 9.38 Å². The van der Waals surface area contributed by atoms with E-state index in [9.17, 15) is 8.78 Å². The van der Waals surface area contributed by atoms with E-state index in [0.717, 1.165) is 21.9 Å². The van der Waals surface area contributed by atoms with Crippen LogP contribution in [0.15, 0.2) is 60.9 Å². The van der Waals surface area contributed by atoms with Crippen LogP contribution in [0.3, 0.4) is 0 Å². The molecule has 2 heterocycles. The van der Waals surface area contributed by atoms with E-state index in [-0.39, 0.29) is 0 Å². The topological polar surface area (TPSA) is 17.3 Å². The van der Waals surface area contributed by atoms with Crippen molar-refractivity contribution in [3.05, 3.63) is 72.6 Å². The molecule has 0 unspecified atom stereocenters. The molecule has 0 saturated carbocycles. The molecule has 0 saturated heterocycles. The van der Waals surface area contributed by atoms with Gasteiger partial charge in [-0.05, 0) is 24.3 Å². The smallest absolute Gasteiger partial charge is 0.145 e. The minimum atomic E-state index is -0.423. The SMILES string of the molecule is Fc1ccc(F)c2c1ccc1c2c2ccccc2n2ccnc12. The van der Waals surface area contributed by atoms with Crippen molar-refractivity contribution in [3.63, 3.8) is 0 Å². The molecule has 0 aliphatic rings. The lowest BCUT2D eigenvalue weighted by Gasteiger charge is -2.11. The first-order valence-corrected chi connectivity index (χ1v) is 7.30. The Kier molecular flexibility index (Phi) is 2.32. The molecular formula is C19H10F2N2. The zero-order chi connectivity index (χ0) is 15.6. The van der Waals surface area contributed by atoms with Crippen molar-refractivity contribution in [2.45, 2.75) is 0 Å². The molecule has 23 heavy (non-hydrogen) atoms. The number of para-hydroxylation sites is 1. The largest absolute Gasteiger partial charge is 0.299 e. The van der Waals surface area contributed by atoms with Gasteiger partial charge in [0, 0.05) is 39.3 Å². The molecule has 0 aliphatic carbocycles. The third-order valence-corrected chi connectivity index (χ3v) is 4.39. The highest BCUT2D eigenvalue weighted by molar-refractivity contribution is 6.23. The van der Waals surface area contributed by atoms with Gasteiger partial charge in [0.25, 0.3) is 0 Å². The van der Waals surface area contributed by atoms with Crippen LogP contribution in [-0.2, 0) is 0 Å². The first-order valence-electron chi connectivity index (χ1n) is 7.30. The van der Waals surface area contributed by atoms with Crippen molar-refractivity contribution in [1.29, 1.82) is 0 Å². The summed E-state index contributed by atoms with van der Waals surface area (Å²) in [6, 6.07) is 13.5. The van der Waals surface area contributed by atoms with Crippen molar-refractivity contribution < 1.29 is 8.78 Å². The number of pyridine rings is 1. The van der Waals surface area contributed by atoms with Crippen LogP contribution in [0.1, 0.15) is 0 Å². The minimum Gasteiger partial charge on any atom is -0.299 e. The quantitative estimate of drug-likeness (QED) is 0.365. The number of aromatic nitrogens is 2. The van der Waals surface area contributed by atoms with E-state index < -0.39 is 11.6 Å². The standard InChI is InChI=1S/C19H10F2N2/c20-14-7-8-15(21)18-11(14)5-6-13-17(18)12-3-1-2-4-16(12)23-10-9-22-19(13)23/h1-10H. The summed E-state index contributed by atoms with van der Waals surface area (Å²) in [4.78, 5) is 4.40. The summed E-state index contributed by atoms with van der Waals surface area (Å²) < 4.78 is 30.7. The van der Waals surface area contributed by atoms with Crippen LogP contribution < -0.4 is 0 Å². The number of hydrogen-bond donors (Lipinski definition) is 0. The Morgan fingerprint density at radius 1 is 0.739 bits per heavy atom. The third kappa shape index (κ3) is 1.52. The normalized spacial score (nSPS) is 11.9. The first kappa shape index (κ1) is 12.5. The lowest BCUT2D eigenvalue weighted by atomic mass is 9.98. The molecule has 0 atom stereocenters. The van der Waals surface area contributed by atoms with Crippen molar-refractivity contribution in [2.75, 3.05) is 0 Å². The third-order valence-electron chi connectivity index (χ3n) is 4.39. The molecule has 110 valence electrons. The fraction of sp³-hybridized carbons (Fsp3) is 0. The number of rotatable bonds is 0. The highest BCUT2D eigenvalue weighted by Crippen LogP contribution is 2.36. The summed E-state index contributed by atoms with van der Waals surface area (Å²) >= 11 is 0. The monoisotopic (exact) mass is 304 g/mol. The molecule has 0 bridgehead atoms. The molecule has 5 rings (SSSR count). The molecule has 0 N–H and O–H groups in total. The highest BCUT2D eigenvalue weighted by Gasteiger charge is 2.15. The number of fused-ring (bicyclic) bond motifs is 8. The molecule has 5 aromatic rings. The summed E-state index contributed by atoms with van der Waals surface area (Å²) in [5.74, 6) is -0.844. The predicted molar refractivity (Wildman–Crippen MR) is 87.6 cm³/mol. The Balaban J connectivity index is 2.25. The maximum Gasteiger partial charge on any atom is 0.145 e. The van der Waals surface area contributed by atoms with Crippen LogP contribution in [0.4, 0.5) is 8.78 Å². The fourth-order valence-electron chi connectivity index (χ4n) is 3.43. The van der Waals surface area contributed by atoms with E-state index in [1.165, 1.54) is 12.1 Å². The summed E-state index contributed by atoms with van der Waals surface area (Å²) in [6.45, 7) is 0. The minimum absolute atomic E-state index is 0.290. The van der Waals surface area contributed by atoms with Gasteiger partial charge < -0.3 is 0 Å². The Bertz CT molecular complexity index is 1240. The van der Waals surface area contributed by atoms with Gasteiger partial charge in [0.05, 0.1) is 5.52 Å². The predicted octanol–water partition coefficient (Wildman–Crippen LogP) is 5.07. The van der Waals surface area contributed by atoms with Gasteiger partial charge in [-0.1, -0.05) is 24.3 Å². The van der Waals surface area contributed by atoms with Gasteiger partial charge in [0.15, 0.2) is 0 Å². The van der Waals surface area contributed by atoms with Crippen LogP contribution in [0.25, 0.3) is 38.1 Å². The molecule has 4 heteroatoms. The van der Waals surface area contributed by atoms with Crippen molar-refractivity contribution in [1.82, 2.24) is 9.38 Å². The molecule has 0 amide bonds. The molecule has 0 aliphatic heterocycles. The average Bonchev–Trinajstić information content (AvgIpc) is 3.08. The maximum atomic E-state index is 14.6. The number of imidazole rings is 1. The molecule has 0 spiro atoms. The second-order valence-electron chi connectivity index (χ2n) is 5.58. The average molecular weight is 304 g/mol. The Labute approximate surface area is 129 Å². The van der Waals surface area contributed by atoms with Crippen molar-refractivity contribution >= 4 is 38.1 Å². The van der Waals surface area contributed by atoms with Crippen LogP contribution in [0.2, 0.25) is 0 Å². The van der Waals surface area contributed by atoms with Crippen LogP contribution >= 0.6 is 0 Å². The van der Waals surface area contributed by atoms with Gasteiger partial charge in [0.2, 0.25) is 0 Å². The maximum absolute atomic E-state index is 14.6. The first-order chi connectivity index (χ1) is 11.3. The molecule has 0 radical (unpaired) electrons. The second-order valence-corrected chi connectivity index (χ2v) is 5.58. The number of benzene rings is 3. The summed E-state index contributed by atoms with van der Waals surface area (Å²) in [7, 11) is 0. The van der Waals surface area contributed by atoms with Crippen molar-refractivity contribution in [2.24, 2.45) is 0 Å². The van der Waals surface area contributed by atoms with Gasteiger partial charge in [-0.3, -0.25) is 4.40 Å². The van der Waals surface area contributed by atoms with Gasteiger partial charge in [-0.2, -0.15) is 0 Å². The molecule has 0 fully saturated rings. The van der Waals surface area contributed by atoms with Gasteiger partial charge in [-0.25, -0.2) is 13.8 Å². The van der Waals surface area contributed by atoms with E-state index >= 15 is 0 Å². The second kappa shape index (κ2) is 4.26. The summed E-state index contributed by atoms with van der Waals surface area (Å²) in [6.07, 6.45) is 3.59. The lowest BCUT2D eigenvalue weighted by Crippen LogP contribution is -1.93. The zero-order valence-electron chi connectivity index (χ0n) is 11.9. The molecule has 2 nitrogen and oxygen atoms in total. The van der Waals surface area contributed by atoms with E-state index in [2.05, 4.69) is 4.98 Å². The molecular weight excluding hydrogens is 294 g/mol. The Hall–Kier alpha value is -3.01. The lowest BCUT2D eigenvalue weighted by molar-refractivity contribution is 0.618. The summed E-state index contributed by atoms with van der Waals surface area (Å²) in [5, 5.41) is 2.99. The fourth-order valence-corrected chi connectivity index (χ4v) is 3.43. The zero-order valence-corrected chi connectivity index (χ0v) is 11.9. The molecule has 3 aromatic carbocycles. The Morgan fingerprint density at radius 2 is 1.52 bits per heavy atom. The molecule has 2 aromatic heterocycles. The van der Waals surface area contributed by atoms with Gasteiger partial charge >= 0.3 is 0 Å². The Morgan fingerprint density at radius 3 is 2.43 bits per heavy atom. The number of nitrogens with zero attached hydrogens (tertiary/aromatic N) is 2. The van der Waals surface area contributed by atoms with E-state index in [1.807, 2.05) is 40.9 Å². The van der Waals surface area contributed by atoms with Crippen LogP contribution in [0, 0.1) is 11.6 Å². The van der Waals surface area contributed by atoms with Crippen molar-refractivity contribution in [3.8, 4) is 0 Å². The highest BCUT2D eigenvalue weighted by atomic mass is 19.1. The van der Waals surface area contributed by atoms with Gasteiger partial charge in [-0.15, -0.1) is 0 Å². The van der Waals surface area contributed by atoms with E-state index in [1.54, 1.807) is 12.3 Å². The summed E-state index contributed by atoms with van der Waals surface area (Å²) in [5.41, 5.74) is 1.66. The van der Waals surface area contributed by atoms with Crippen LogP contribution in [0.5, 0.6) is 0 Å². The number of halogens is 2. The van der Waals surface area contributed by atoms with Gasteiger partial charge in [0.1, 0.15) is 17.3 Å².